The van der Waals surface area contributed by atoms with Crippen LogP contribution in [0.15, 0.2) is 18.3 Å². The van der Waals surface area contributed by atoms with Crippen LogP contribution in [0.3, 0.4) is 0 Å². The molecule has 1 N–H and O–H groups in total. The van der Waals surface area contributed by atoms with Gasteiger partial charge in [0.05, 0.1) is 31.5 Å². The summed E-state index contributed by atoms with van der Waals surface area (Å²) in [5.41, 5.74) is 0.602. The number of aromatic nitrogens is 1. The second-order valence-corrected chi connectivity index (χ2v) is 3.43. The van der Waals surface area contributed by atoms with Crippen molar-refractivity contribution in [3.8, 4) is 6.07 Å². The number of hydrogen-bond acceptors (Lipinski definition) is 5. The zero-order valence-corrected chi connectivity index (χ0v) is 9.96. The number of rotatable bonds is 7. The van der Waals surface area contributed by atoms with E-state index < -0.39 is 0 Å². The number of pyridine rings is 1. The van der Waals surface area contributed by atoms with Crippen molar-refractivity contribution in [2.45, 2.75) is 6.92 Å². The molecule has 0 saturated carbocycles. The second-order valence-electron chi connectivity index (χ2n) is 3.43. The second kappa shape index (κ2) is 7.60. The maximum atomic E-state index is 8.81. The molecule has 92 valence electrons. The number of nitrogens with zero attached hydrogens (tertiary/aromatic N) is 3. The predicted octanol–water partition coefficient (Wildman–Crippen LogP) is 0.788. The summed E-state index contributed by atoms with van der Waals surface area (Å²) in [6.07, 6.45) is 1.63. The van der Waals surface area contributed by atoms with Crippen molar-refractivity contribution >= 4 is 5.82 Å². The zero-order chi connectivity index (χ0) is 12.5. The van der Waals surface area contributed by atoms with Crippen LogP contribution in [0.25, 0.3) is 0 Å². The highest BCUT2D eigenvalue weighted by atomic mass is 16.5. The monoisotopic (exact) mass is 235 g/mol. The van der Waals surface area contributed by atoms with Crippen molar-refractivity contribution in [3.63, 3.8) is 0 Å². The molecule has 0 aromatic carbocycles. The molecule has 0 aliphatic rings. The lowest BCUT2D eigenvalue weighted by molar-refractivity contribution is 0.0967. The number of aliphatic hydroxyl groups is 1. The third-order valence-electron chi connectivity index (χ3n) is 2.32. The van der Waals surface area contributed by atoms with Crippen LogP contribution in [-0.4, -0.2) is 43.0 Å². The van der Waals surface area contributed by atoms with Crippen molar-refractivity contribution in [1.82, 2.24) is 4.98 Å². The number of nitriles is 1. The van der Waals surface area contributed by atoms with E-state index in [1.165, 1.54) is 0 Å². The van der Waals surface area contributed by atoms with Crippen LogP contribution < -0.4 is 4.90 Å². The summed E-state index contributed by atoms with van der Waals surface area (Å²) in [4.78, 5) is 6.25. The molecule has 0 aliphatic carbocycles. The third kappa shape index (κ3) is 4.39. The summed E-state index contributed by atoms with van der Waals surface area (Å²) >= 11 is 0. The Morgan fingerprint density at radius 2 is 2.35 bits per heavy atom. The molecule has 0 atom stereocenters. The molecule has 1 aromatic rings. The first-order chi connectivity index (χ1) is 8.31. The van der Waals surface area contributed by atoms with Gasteiger partial charge < -0.3 is 14.7 Å². The smallest absolute Gasteiger partial charge is 0.129 e. The van der Waals surface area contributed by atoms with E-state index in [4.69, 9.17) is 15.1 Å². The van der Waals surface area contributed by atoms with E-state index in [0.717, 1.165) is 12.4 Å². The van der Waals surface area contributed by atoms with Crippen molar-refractivity contribution in [3.05, 3.63) is 23.9 Å². The highest BCUT2D eigenvalue weighted by Crippen LogP contribution is 2.11. The van der Waals surface area contributed by atoms with Crippen LogP contribution in [0.4, 0.5) is 5.82 Å². The lowest BCUT2D eigenvalue weighted by atomic mass is 10.3. The molecule has 1 aromatic heterocycles. The standard InChI is InChI=1S/C12H17N3O2/c1-2-15(5-7-17-8-6-16)12-9-11(10-13)3-4-14-12/h3-4,9,16H,2,5-8H2,1H3. The van der Waals surface area contributed by atoms with Crippen LogP contribution in [0.5, 0.6) is 0 Å². The minimum absolute atomic E-state index is 0.0360. The number of hydrogen-bond donors (Lipinski definition) is 1. The summed E-state index contributed by atoms with van der Waals surface area (Å²) < 4.78 is 5.21. The minimum Gasteiger partial charge on any atom is -0.394 e. The minimum atomic E-state index is 0.0360. The van der Waals surface area contributed by atoms with Gasteiger partial charge in [0.1, 0.15) is 5.82 Å². The largest absolute Gasteiger partial charge is 0.394 e. The molecule has 0 amide bonds. The molecule has 1 heterocycles. The van der Waals surface area contributed by atoms with Crippen LogP contribution >= 0.6 is 0 Å². The first kappa shape index (κ1) is 13.4. The highest BCUT2D eigenvalue weighted by Gasteiger charge is 2.06. The van der Waals surface area contributed by atoms with Gasteiger partial charge >= 0.3 is 0 Å². The SMILES string of the molecule is CCN(CCOCCO)c1cc(C#N)ccn1. The first-order valence-corrected chi connectivity index (χ1v) is 5.61. The van der Waals surface area contributed by atoms with E-state index in [-0.39, 0.29) is 6.61 Å². The van der Waals surface area contributed by atoms with Crippen molar-refractivity contribution < 1.29 is 9.84 Å². The van der Waals surface area contributed by atoms with E-state index in [2.05, 4.69) is 11.1 Å². The number of likely N-dealkylation sites (N-methyl/N-ethyl adjacent to an activating group) is 1. The Labute approximate surface area is 101 Å². The van der Waals surface area contributed by atoms with Gasteiger partial charge in [-0.1, -0.05) is 0 Å². The molecule has 0 spiro atoms. The van der Waals surface area contributed by atoms with Gasteiger partial charge in [-0.05, 0) is 19.1 Å². The van der Waals surface area contributed by atoms with Gasteiger partial charge in [-0.25, -0.2) is 4.98 Å². The molecular formula is C12H17N3O2. The average molecular weight is 235 g/mol. The molecule has 0 bridgehead atoms. The molecule has 5 heteroatoms. The van der Waals surface area contributed by atoms with Gasteiger partial charge in [0, 0.05) is 19.3 Å². The van der Waals surface area contributed by atoms with E-state index in [0.29, 0.717) is 25.3 Å². The fourth-order valence-electron chi connectivity index (χ4n) is 1.44. The third-order valence-corrected chi connectivity index (χ3v) is 2.32. The molecule has 5 nitrogen and oxygen atoms in total. The van der Waals surface area contributed by atoms with Crippen LogP contribution in [-0.2, 0) is 4.74 Å². The van der Waals surface area contributed by atoms with Crippen LogP contribution in [0, 0.1) is 11.3 Å². The molecule has 1 rings (SSSR count). The molecule has 0 saturated heterocycles. The van der Waals surface area contributed by atoms with E-state index >= 15 is 0 Å². The summed E-state index contributed by atoms with van der Waals surface area (Å²) in [5.74, 6) is 0.777. The fraction of sp³-hybridized carbons (Fsp3) is 0.500. The maximum absolute atomic E-state index is 8.81. The lowest BCUT2D eigenvalue weighted by Gasteiger charge is -2.21. The summed E-state index contributed by atoms with van der Waals surface area (Å²) in [6.45, 7) is 4.43. The summed E-state index contributed by atoms with van der Waals surface area (Å²) in [6, 6.07) is 5.53. The Hall–Kier alpha value is -1.64. The lowest BCUT2D eigenvalue weighted by Crippen LogP contribution is -2.28. The van der Waals surface area contributed by atoms with Crippen LogP contribution in [0.1, 0.15) is 12.5 Å². The fourth-order valence-corrected chi connectivity index (χ4v) is 1.44. The molecule has 0 aliphatic heterocycles. The van der Waals surface area contributed by atoms with Gasteiger partial charge in [0.25, 0.3) is 0 Å². The Balaban J connectivity index is 2.57. The van der Waals surface area contributed by atoms with Crippen molar-refractivity contribution in [1.29, 1.82) is 5.26 Å². The molecule has 0 unspecified atom stereocenters. The average Bonchev–Trinajstić information content (AvgIpc) is 2.39. The quantitative estimate of drug-likeness (QED) is 0.707. The summed E-state index contributed by atoms with van der Waals surface area (Å²) in [7, 11) is 0. The zero-order valence-electron chi connectivity index (χ0n) is 9.96. The Morgan fingerprint density at radius 3 is 3.00 bits per heavy atom. The van der Waals surface area contributed by atoms with E-state index in [9.17, 15) is 0 Å². The van der Waals surface area contributed by atoms with Crippen molar-refractivity contribution in [2.75, 3.05) is 37.8 Å². The normalized spacial score (nSPS) is 9.94. The Bertz CT molecular complexity index is 376. The van der Waals surface area contributed by atoms with Gasteiger partial charge in [-0.2, -0.15) is 5.26 Å². The number of anilines is 1. The molecule has 17 heavy (non-hydrogen) atoms. The van der Waals surface area contributed by atoms with Gasteiger partial charge in [0.15, 0.2) is 0 Å². The van der Waals surface area contributed by atoms with E-state index in [1.807, 2.05) is 11.8 Å². The Kier molecular flexibility index (Phi) is 6.00. The van der Waals surface area contributed by atoms with Crippen LogP contribution in [0.2, 0.25) is 0 Å². The molecular weight excluding hydrogens is 218 g/mol. The molecule has 0 radical (unpaired) electrons. The van der Waals surface area contributed by atoms with Gasteiger partial charge in [0.2, 0.25) is 0 Å². The highest BCUT2D eigenvalue weighted by molar-refractivity contribution is 5.44. The van der Waals surface area contributed by atoms with Crippen molar-refractivity contribution in [2.24, 2.45) is 0 Å². The Morgan fingerprint density at radius 1 is 1.53 bits per heavy atom. The predicted molar refractivity (Wildman–Crippen MR) is 64.7 cm³/mol. The summed E-state index contributed by atoms with van der Waals surface area (Å²) in [5, 5.41) is 17.4. The number of ether oxygens (including phenoxy) is 1. The van der Waals surface area contributed by atoms with Gasteiger partial charge in [-0.3, -0.25) is 0 Å². The number of aliphatic hydroxyl groups excluding tert-OH is 1. The molecule has 0 fully saturated rings. The maximum Gasteiger partial charge on any atom is 0.129 e. The van der Waals surface area contributed by atoms with E-state index in [1.54, 1.807) is 18.3 Å². The first-order valence-electron chi connectivity index (χ1n) is 5.61. The van der Waals surface area contributed by atoms with Gasteiger partial charge in [-0.15, -0.1) is 0 Å². The topological polar surface area (TPSA) is 69.4 Å².